The Kier molecular flexibility index (Phi) is 7.66. The van der Waals surface area contributed by atoms with Crippen molar-refractivity contribution in [3.8, 4) is 17.3 Å². The molecule has 3 atom stereocenters. The number of nitrogens with zero attached hydrogens (tertiary/aromatic N) is 9. The van der Waals surface area contributed by atoms with E-state index >= 15 is 4.39 Å². The second-order valence-corrected chi connectivity index (χ2v) is 11.0. The van der Waals surface area contributed by atoms with Gasteiger partial charge < -0.3 is 15.0 Å². The van der Waals surface area contributed by atoms with Crippen molar-refractivity contribution < 1.29 is 23.1 Å². The van der Waals surface area contributed by atoms with Gasteiger partial charge in [0, 0.05) is 44.1 Å². The van der Waals surface area contributed by atoms with E-state index in [2.05, 4.69) is 30.5 Å². The predicted molar refractivity (Wildman–Crippen MR) is 146 cm³/mol. The number of rotatable bonds is 8. The Hall–Kier alpha value is -4.28. The first-order valence-electron chi connectivity index (χ1n) is 13.1. The third kappa shape index (κ3) is 5.60. The molecule has 3 unspecified atom stereocenters. The van der Waals surface area contributed by atoms with Crippen LogP contribution in [0.3, 0.4) is 0 Å². The Bertz CT molecular complexity index is 1710. The number of carbonyl (C=O) groups excluding carboxylic acids is 1. The largest absolute Gasteiger partial charge is 0.392 e. The van der Waals surface area contributed by atoms with Crippen LogP contribution in [0.1, 0.15) is 40.5 Å². The topological polar surface area (TPSA) is 140 Å². The first kappa shape index (κ1) is 27.9. The summed E-state index contributed by atoms with van der Waals surface area (Å²) in [6.45, 7) is 2.80. The number of halogens is 3. The molecule has 1 fully saturated rings. The number of alkyl halides is 2. The first-order chi connectivity index (χ1) is 20.3. The molecule has 5 aromatic heterocycles. The number of imidazole rings is 1. The zero-order valence-electron chi connectivity index (χ0n) is 22.2. The number of amides is 1. The van der Waals surface area contributed by atoms with Crippen LogP contribution >= 0.6 is 11.3 Å². The number of fused-ring (bicyclic) bond motifs is 1. The summed E-state index contributed by atoms with van der Waals surface area (Å²) in [6, 6.07) is 3.70. The molecule has 1 saturated heterocycles. The van der Waals surface area contributed by atoms with Crippen LogP contribution in [-0.4, -0.2) is 87.2 Å². The van der Waals surface area contributed by atoms with Crippen LogP contribution in [0.5, 0.6) is 0 Å². The molecule has 5 aromatic rings. The number of aromatic nitrogens is 8. The maximum atomic E-state index is 15.1. The van der Waals surface area contributed by atoms with E-state index in [0.29, 0.717) is 54.2 Å². The summed E-state index contributed by atoms with van der Waals surface area (Å²) in [5.74, 6) is -0.443. The van der Waals surface area contributed by atoms with Gasteiger partial charge in [-0.25, -0.2) is 33.1 Å². The molecular formula is C26H25F3N10O2S. The Balaban J connectivity index is 1.41. The molecular weight excluding hydrogens is 573 g/mol. The third-order valence-electron chi connectivity index (χ3n) is 6.82. The normalized spacial score (nSPS) is 18.5. The summed E-state index contributed by atoms with van der Waals surface area (Å²) >= 11 is 0.638. The van der Waals surface area contributed by atoms with E-state index in [1.807, 2.05) is 9.47 Å². The molecule has 16 heteroatoms. The standard InChI is InChI=1S/C26H25F3N10O2S/c1-14(40)11-37-12-15(35-25(41)26-32-10-20(42-26)23(28)29)7-16(13-37)38-19-8-21(39-33-5-6-34-39)31-9-18(19)36-24(38)22-17(27)3-2-4-30-22/h2-6,8-10,14-16,23,40H,7,11-13H2,1H3,(H,35,41). The lowest BCUT2D eigenvalue weighted by Crippen LogP contribution is -2.52. The van der Waals surface area contributed by atoms with Gasteiger partial charge in [-0.1, -0.05) is 0 Å². The molecule has 0 bridgehead atoms. The highest BCUT2D eigenvalue weighted by Crippen LogP contribution is 2.34. The van der Waals surface area contributed by atoms with Gasteiger partial charge in [-0.05, 0) is 25.5 Å². The zero-order chi connectivity index (χ0) is 29.4. The molecule has 42 heavy (non-hydrogen) atoms. The molecule has 6 rings (SSSR count). The molecule has 1 amide bonds. The number of likely N-dealkylation sites (tertiary alicyclic amines) is 1. The molecule has 0 saturated carbocycles. The van der Waals surface area contributed by atoms with Crippen molar-refractivity contribution in [3.63, 3.8) is 0 Å². The maximum Gasteiger partial charge on any atom is 0.280 e. The number of nitrogens with one attached hydrogen (secondary N) is 1. The molecule has 0 radical (unpaired) electrons. The number of carbonyl (C=O) groups is 1. The summed E-state index contributed by atoms with van der Waals surface area (Å²) in [5, 5.41) is 21.3. The van der Waals surface area contributed by atoms with Crippen molar-refractivity contribution >= 4 is 28.3 Å². The van der Waals surface area contributed by atoms with Gasteiger partial charge >= 0.3 is 0 Å². The molecule has 2 N–H and O–H groups in total. The number of aliphatic hydroxyl groups excluding tert-OH is 1. The molecule has 0 spiro atoms. The predicted octanol–water partition coefficient (Wildman–Crippen LogP) is 3.03. The van der Waals surface area contributed by atoms with Crippen molar-refractivity contribution in [1.29, 1.82) is 0 Å². The van der Waals surface area contributed by atoms with Crippen molar-refractivity contribution in [2.45, 2.75) is 38.0 Å². The maximum absolute atomic E-state index is 15.1. The van der Waals surface area contributed by atoms with E-state index in [9.17, 15) is 18.7 Å². The molecule has 218 valence electrons. The van der Waals surface area contributed by atoms with Crippen LogP contribution < -0.4 is 5.32 Å². The number of β-amino-alcohol motifs (C(OH)–C–C–N with tert-alkyl or cyclic N) is 1. The van der Waals surface area contributed by atoms with E-state index < -0.39 is 30.3 Å². The van der Waals surface area contributed by atoms with Gasteiger partial charge in [0.25, 0.3) is 12.3 Å². The van der Waals surface area contributed by atoms with E-state index in [-0.39, 0.29) is 27.4 Å². The van der Waals surface area contributed by atoms with Crippen molar-refractivity contribution in [1.82, 2.24) is 49.7 Å². The number of pyridine rings is 2. The van der Waals surface area contributed by atoms with E-state index in [4.69, 9.17) is 4.98 Å². The third-order valence-corrected chi connectivity index (χ3v) is 7.82. The molecule has 12 nitrogen and oxygen atoms in total. The second-order valence-electron chi connectivity index (χ2n) is 9.98. The van der Waals surface area contributed by atoms with Crippen LogP contribution in [0.4, 0.5) is 13.2 Å². The summed E-state index contributed by atoms with van der Waals surface area (Å²) in [7, 11) is 0. The lowest BCUT2D eigenvalue weighted by molar-refractivity contribution is 0.0743. The molecule has 1 aliphatic heterocycles. The quantitative estimate of drug-likeness (QED) is 0.276. The van der Waals surface area contributed by atoms with Gasteiger partial charge in [-0.2, -0.15) is 10.2 Å². The monoisotopic (exact) mass is 598 g/mol. The molecule has 0 aromatic carbocycles. The summed E-state index contributed by atoms with van der Waals surface area (Å²) in [5.41, 5.74) is 1.15. The fourth-order valence-corrected chi connectivity index (χ4v) is 5.91. The van der Waals surface area contributed by atoms with Crippen LogP contribution in [0.15, 0.2) is 49.2 Å². The van der Waals surface area contributed by atoms with Gasteiger partial charge in [0.2, 0.25) is 0 Å². The average Bonchev–Trinajstić information content (AvgIpc) is 3.72. The van der Waals surface area contributed by atoms with Gasteiger partial charge in [-0.3, -0.25) is 9.69 Å². The van der Waals surface area contributed by atoms with Gasteiger partial charge in [0.05, 0.1) is 41.1 Å². The number of piperidine rings is 1. The van der Waals surface area contributed by atoms with Gasteiger partial charge in [0.15, 0.2) is 22.5 Å². The van der Waals surface area contributed by atoms with Crippen molar-refractivity contribution in [3.05, 3.63) is 64.9 Å². The minimum atomic E-state index is -2.72. The fourth-order valence-electron chi connectivity index (χ4n) is 5.23. The SMILES string of the molecule is CC(O)CN1CC(NC(=O)c2ncc(C(F)F)s2)CC(n2c(-c3ncccc3F)nc3cnc(-n4nccn4)cc32)C1. The Morgan fingerprint density at radius 3 is 2.69 bits per heavy atom. The number of hydrogen-bond donors (Lipinski definition) is 2. The molecule has 1 aliphatic rings. The average molecular weight is 599 g/mol. The highest BCUT2D eigenvalue weighted by molar-refractivity contribution is 7.13. The van der Waals surface area contributed by atoms with Crippen LogP contribution in [0.25, 0.3) is 28.4 Å². The van der Waals surface area contributed by atoms with Crippen molar-refractivity contribution in [2.75, 3.05) is 19.6 Å². The van der Waals surface area contributed by atoms with E-state index in [1.54, 1.807) is 19.2 Å². The first-order valence-corrected chi connectivity index (χ1v) is 13.9. The van der Waals surface area contributed by atoms with Crippen LogP contribution in [0, 0.1) is 5.82 Å². The Labute approximate surface area is 240 Å². The fraction of sp³-hybridized carbons (Fsp3) is 0.346. The smallest absolute Gasteiger partial charge is 0.280 e. The second kappa shape index (κ2) is 11.5. The summed E-state index contributed by atoms with van der Waals surface area (Å²) in [4.78, 5) is 33.3. The summed E-state index contributed by atoms with van der Waals surface area (Å²) < 4.78 is 43.1. The molecule has 6 heterocycles. The van der Waals surface area contributed by atoms with E-state index in [0.717, 1.165) is 6.20 Å². The Morgan fingerprint density at radius 1 is 1.17 bits per heavy atom. The van der Waals surface area contributed by atoms with E-state index in [1.165, 1.54) is 35.5 Å². The highest BCUT2D eigenvalue weighted by atomic mass is 32.1. The van der Waals surface area contributed by atoms with Crippen LogP contribution in [-0.2, 0) is 0 Å². The minimum Gasteiger partial charge on any atom is -0.392 e. The number of thiazole rings is 1. The highest BCUT2D eigenvalue weighted by Gasteiger charge is 2.34. The molecule has 0 aliphatic carbocycles. The summed E-state index contributed by atoms with van der Waals surface area (Å²) in [6.07, 6.45) is 4.07. The zero-order valence-corrected chi connectivity index (χ0v) is 23.0. The number of hydrogen-bond acceptors (Lipinski definition) is 10. The Morgan fingerprint density at radius 2 is 1.98 bits per heavy atom. The van der Waals surface area contributed by atoms with Crippen molar-refractivity contribution in [2.24, 2.45) is 0 Å². The van der Waals surface area contributed by atoms with Gasteiger partial charge in [0.1, 0.15) is 11.2 Å². The number of aliphatic hydroxyl groups is 1. The lowest BCUT2D eigenvalue weighted by Gasteiger charge is -2.39. The lowest BCUT2D eigenvalue weighted by atomic mass is 9.99. The van der Waals surface area contributed by atoms with Gasteiger partial charge in [-0.15, -0.1) is 16.1 Å². The van der Waals surface area contributed by atoms with Crippen LogP contribution in [0.2, 0.25) is 0 Å². The minimum absolute atomic E-state index is 0.0445.